The van der Waals surface area contributed by atoms with E-state index in [1.54, 1.807) is 12.2 Å². The van der Waals surface area contributed by atoms with Crippen molar-refractivity contribution in [1.82, 2.24) is 5.32 Å². The highest BCUT2D eigenvalue weighted by molar-refractivity contribution is 5.94. The number of carbonyl (C=O) groups is 2. The van der Waals surface area contributed by atoms with Crippen molar-refractivity contribution in [3.63, 3.8) is 0 Å². The van der Waals surface area contributed by atoms with E-state index in [1.165, 1.54) is 24.3 Å². The van der Waals surface area contributed by atoms with Crippen LogP contribution in [0.3, 0.4) is 0 Å². The third-order valence-electron chi connectivity index (χ3n) is 2.28. The predicted octanol–water partition coefficient (Wildman–Crippen LogP) is 2.21. The van der Waals surface area contributed by atoms with E-state index in [0.29, 0.717) is 13.0 Å². The second kappa shape index (κ2) is 6.21. The summed E-state index contributed by atoms with van der Waals surface area (Å²) in [6, 6.07) is 5.75. The Morgan fingerprint density at radius 3 is 2.21 bits per heavy atom. The summed E-state index contributed by atoms with van der Waals surface area (Å²) in [5, 5.41) is 4.36. The van der Waals surface area contributed by atoms with Gasteiger partial charge in [0, 0.05) is 18.7 Å². The Balaban J connectivity index is 2.57. The van der Waals surface area contributed by atoms with Gasteiger partial charge in [-0.05, 0) is 17.7 Å². The average molecular weight is 274 g/mol. The van der Waals surface area contributed by atoms with Crippen molar-refractivity contribution in [3.8, 4) is 0 Å². The first kappa shape index (κ1) is 15.0. The maximum absolute atomic E-state index is 12.0. The van der Waals surface area contributed by atoms with Gasteiger partial charge in [0.1, 0.15) is 0 Å². The molecule has 1 aromatic carbocycles. The summed E-state index contributed by atoms with van der Waals surface area (Å²) in [7, 11) is 0. The van der Waals surface area contributed by atoms with Gasteiger partial charge in [0.25, 0.3) is 0 Å². The molecule has 0 aliphatic heterocycles. The number of hydrogen-bond acceptors (Lipinski definition) is 2. The lowest BCUT2D eigenvalue weighted by Gasteiger charge is -2.09. The van der Waals surface area contributed by atoms with E-state index >= 15 is 0 Å². The van der Waals surface area contributed by atoms with Crippen LogP contribution in [0.25, 0.3) is 0 Å². The van der Waals surface area contributed by atoms with Crippen LogP contribution in [0, 0.1) is 0 Å². The number of halogens is 3. The van der Waals surface area contributed by atoms with Crippen molar-refractivity contribution >= 4 is 17.5 Å². The molecular weight excluding hydrogens is 261 g/mol. The van der Waals surface area contributed by atoms with E-state index in [1.807, 2.05) is 0 Å². The lowest BCUT2D eigenvalue weighted by Crippen LogP contribution is -2.29. The Morgan fingerprint density at radius 1 is 1.16 bits per heavy atom. The first-order valence-electron chi connectivity index (χ1n) is 5.56. The van der Waals surface area contributed by atoms with Crippen molar-refractivity contribution in [2.45, 2.75) is 26.1 Å². The van der Waals surface area contributed by atoms with Gasteiger partial charge in [-0.1, -0.05) is 19.1 Å². The largest absolute Gasteiger partial charge is 0.471 e. The molecule has 1 aromatic rings. The van der Waals surface area contributed by atoms with E-state index in [9.17, 15) is 22.8 Å². The van der Waals surface area contributed by atoms with E-state index in [0.717, 1.165) is 5.56 Å². The molecule has 7 heteroatoms. The highest BCUT2D eigenvalue weighted by atomic mass is 19.4. The quantitative estimate of drug-likeness (QED) is 0.884. The van der Waals surface area contributed by atoms with Crippen LogP contribution in [0.2, 0.25) is 0 Å². The number of alkyl halides is 3. The molecule has 0 spiro atoms. The van der Waals surface area contributed by atoms with Gasteiger partial charge < -0.3 is 10.6 Å². The molecule has 0 heterocycles. The minimum atomic E-state index is -4.91. The van der Waals surface area contributed by atoms with Gasteiger partial charge in [0.15, 0.2) is 0 Å². The Labute approximate surface area is 108 Å². The van der Waals surface area contributed by atoms with E-state index in [4.69, 9.17) is 0 Å². The molecule has 0 aromatic heterocycles. The number of amides is 2. The summed E-state index contributed by atoms with van der Waals surface area (Å²) in [5.74, 6) is -2.13. The van der Waals surface area contributed by atoms with Crippen LogP contribution in [-0.2, 0) is 16.1 Å². The van der Waals surface area contributed by atoms with E-state index in [2.05, 4.69) is 5.32 Å². The zero-order valence-corrected chi connectivity index (χ0v) is 10.2. The molecule has 0 saturated heterocycles. The fourth-order valence-corrected chi connectivity index (χ4v) is 1.23. The summed E-state index contributed by atoms with van der Waals surface area (Å²) in [6.45, 7) is 2.01. The number of nitrogens with one attached hydrogen (secondary N) is 2. The maximum atomic E-state index is 12.0. The number of rotatable bonds is 4. The van der Waals surface area contributed by atoms with Crippen molar-refractivity contribution < 1.29 is 22.8 Å². The minimum Gasteiger partial charge on any atom is -0.352 e. The summed E-state index contributed by atoms with van der Waals surface area (Å²) in [5.41, 5.74) is 0.778. The molecule has 0 fully saturated rings. The molecule has 0 radical (unpaired) electrons. The normalized spacial score (nSPS) is 10.9. The SMILES string of the molecule is CCC(=O)NCc1ccc(NC(=O)C(F)(F)F)cc1. The van der Waals surface area contributed by atoms with Crippen LogP contribution in [0.1, 0.15) is 18.9 Å². The fraction of sp³-hybridized carbons (Fsp3) is 0.333. The Kier molecular flexibility index (Phi) is 4.91. The number of benzene rings is 1. The van der Waals surface area contributed by atoms with Crippen LogP contribution in [0.5, 0.6) is 0 Å². The Morgan fingerprint density at radius 2 is 1.74 bits per heavy atom. The number of anilines is 1. The van der Waals surface area contributed by atoms with Crippen molar-refractivity contribution in [3.05, 3.63) is 29.8 Å². The van der Waals surface area contributed by atoms with Crippen LogP contribution in [0.4, 0.5) is 18.9 Å². The first-order chi connectivity index (χ1) is 8.82. The summed E-state index contributed by atoms with van der Waals surface area (Å²) in [6.07, 6.45) is -4.55. The summed E-state index contributed by atoms with van der Waals surface area (Å²) in [4.78, 5) is 21.7. The third kappa shape index (κ3) is 4.99. The lowest BCUT2D eigenvalue weighted by molar-refractivity contribution is -0.167. The van der Waals surface area contributed by atoms with Gasteiger partial charge in [-0.15, -0.1) is 0 Å². The Hall–Kier alpha value is -2.05. The molecule has 2 N–H and O–H groups in total. The first-order valence-corrected chi connectivity index (χ1v) is 5.56. The number of carbonyl (C=O) groups excluding carboxylic acids is 2. The molecule has 0 aliphatic rings. The molecule has 19 heavy (non-hydrogen) atoms. The van der Waals surface area contributed by atoms with Gasteiger partial charge in [-0.3, -0.25) is 9.59 Å². The topological polar surface area (TPSA) is 58.2 Å². The molecule has 104 valence electrons. The van der Waals surface area contributed by atoms with Crippen molar-refractivity contribution in [2.24, 2.45) is 0 Å². The number of hydrogen-bond donors (Lipinski definition) is 2. The molecule has 0 bridgehead atoms. The molecular formula is C12H13F3N2O2. The van der Waals surface area contributed by atoms with Gasteiger partial charge >= 0.3 is 12.1 Å². The third-order valence-corrected chi connectivity index (χ3v) is 2.28. The minimum absolute atomic E-state index is 0.0490. The maximum Gasteiger partial charge on any atom is 0.471 e. The monoisotopic (exact) mass is 274 g/mol. The second-order valence-corrected chi connectivity index (χ2v) is 3.78. The highest BCUT2D eigenvalue weighted by Crippen LogP contribution is 2.18. The van der Waals surface area contributed by atoms with E-state index < -0.39 is 12.1 Å². The zero-order valence-electron chi connectivity index (χ0n) is 10.2. The lowest BCUT2D eigenvalue weighted by atomic mass is 10.2. The predicted molar refractivity (Wildman–Crippen MR) is 63.3 cm³/mol. The second-order valence-electron chi connectivity index (χ2n) is 3.78. The van der Waals surface area contributed by atoms with Crippen molar-refractivity contribution in [2.75, 3.05) is 5.32 Å². The molecule has 4 nitrogen and oxygen atoms in total. The molecule has 0 aliphatic carbocycles. The van der Waals surface area contributed by atoms with Gasteiger partial charge in [-0.2, -0.15) is 13.2 Å². The van der Waals surface area contributed by atoms with E-state index in [-0.39, 0.29) is 11.6 Å². The summed E-state index contributed by atoms with van der Waals surface area (Å²) < 4.78 is 36.0. The smallest absolute Gasteiger partial charge is 0.352 e. The highest BCUT2D eigenvalue weighted by Gasteiger charge is 2.38. The van der Waals surface area contributed by atoms with Crippen molar-refractivity contribution in [1.29, 1.82) is 0 Å². The molecule has 2 amide bonds. The van der Waals surface area contributed by atoms with Gasteiger partial charge in [0.05, 0.1) is 0 Å². The molecule has 1 rings (SSSR count). The Bertz CT molecular complexity index is 455. The molecule has 0 saturated carbocycles. The summed E-state index contributed by atoms with van der Waals surface area (Å²) >= 11 is 0. The van der Waals surface area contributed by atoms with Crippen LogP contribution in [-0.4, -0.2) is 18.0 Å². The molecule has 0 unspecified atom stereocenters. The average Bonchev–Trinajstić information content (AvgIpc) is 2.36. The van der Waals surface area contributed by atoms with Gasteiger partial charge in [0.2, 0.25) is 5.91 Å². The van der Waals surface area contributed by atoms with Crippen LogP contribution >= 0.6 is 0 Å². The molecule has 0 atom stereocenters. The van der Waals surface area contributed by atoms with Crippen LogP contribution < -0.4 is 10.6 Å². The zero-order chi connectivity index (χ0) is 14.5. The van der Waals surface area contributed by atoms with Crippen LogP contribution in [0.15, 0.2) is 24.3 Å². The standard InChI is InChI=1S/C12H13F3N2O2/c1-2-10(18)16-7-8-3-5-9(6-4-8)17-11(19)12(13,14)15/h3-6H,2,7H2,1H3,(H,16,18)(H,17,19). The fourth-order valence-electron chi connectivity index (χ4n) is 1.23. The van der Waals surface area contributed by atoms with Gasteiger partial charge in [-0.25, -0.2) is 0 Å².